The van der Waals surface area contributed by atoms with Crippen molar-refractivity contribution in [2.45, 2.75) is 24.2 Å². The van der Waals surface area contributed by atoms with E-state index in [0.717, 1.165) is 16.9 Å². The van der Waals surface area contributed by atoms with Crippen LogP contribution in [0.5, 0.6) is 0 Å². The Balaban J connectivity index is 1.94. The lowest BCUT2D eigenvalue weighted by Crippen LogP contribution is -2.23. The first-order chi connectivity index (χ1) is 9.12. The highest BCUT2D eigenvalue weighted by molar-refractivity contribution is 7.91. The lowest BCUT2D eigenvalue weighted by atomic mass is 10.2. The third-order valence-electron chi connectivity index (χ3n) is 2.50. The van der Waals surface area contributed by atoms with Crippen LogP contribution in [0.25, 0.3) is 0 Å². The van der Waals surface area contributed by atoms with E-state index < -0.39 is 10.0 Å². The van der Waals surface area contributed by atoms with Gasteiger partial charge in [-0.2, -0.15) is 0 Å². The summed E-state index contributed by atoms with van der Waals surface area (Å²) in [6, 6.07) is 12.8. The minimum atomic E-state index is -3.57. The number of benzene rings is 1. The van der Waals surface area contributed by atoms with Crippen LogP contribution in [0.1, 0.15) is 17.4 Å². The molecule has 0 unspecified atom stereocenters. The second kappa shape index (κ2) is 6.29. The van der Waals surface area contributed by atoms with Crippen molar-refractivity contribution in [1.82, 2.24) is 4.89 Å². The minimum absolute atomic E-state index is 0.200. The van der Waals surface area contributed by atoms with Gasteiger partial charge in [0.1, 0.15) is 4.21 Å². The molecule has 0 bridgehead atoms. The molecule has 4 nitrogen and oxygen atoms in total. The van der Waals surface area contributed by atoms with E-state index in [9.17, 15) is 8.42 Å². The van der Waals surface area contributed by atoms with E-state index in [1.165, 1.54) is 11.3 Å². The molecular formula is C13H15NO3S2. The quantitative estimate of drug-likeness (QED) is 0.834. The molecule has 6 heteroatoms. The molecule has 1 aromatic heterocycles. The van der Waals surface area contributed by atoms with Gasteiger partial charge in [0.15, 0.2) is 0 Å². The van der Waals surface area contributed by atoms with E-state index >= 15 is 0 Å². The maximum absolute atomic E-state index is 11.9. The number of thiophene rings is 1. The summed E-state index contributed by atoms with van der Waals surface area (Å²) in [5.41, 5.74) is 0.908. The molecule has 2 rings (SSSR count). The summed E-state index contributed by atoms with van der Waals surface area (Å²) >= 11 is 1.26. The fraction of sp³-hybridized carbons (Fsp3) is 0.231. The number of nitrogens with one attached hydrogen (secondary N) is 1. The van der Waals surface area contributed by atoms with Crippen LogP contribution in [0, 0.1) is 0 Å². The van der Waals surface area contributed by atoms with Crippen molar-refractivity contribution in [1.29, 1.82) is 0 Å². The van der Waals surface area contributed by atoms with E-state index in [4.69, 9.17) is 4.84 Å². The Hall–Kier alpha value is -1.21. The zero-order valence-corrected chi connectivity index (χ0v) is 12.1. The first-order valence-corrected chi connectivity index (χ1v) is 8.18. The number of hydrogen-bond acceptors (Lipinski definition) is 4. The van der Waals surface area contributed by atoms with E-state index in [1.54, 1.807) is 6.07 Å². The average Bonchev–Trinajstić information content (AvgIpc) is 2.89. The van der Waals surface area contributed by atoms with Gasteiger partial charge in [0, 0.05) is 4.88 Å². The Bertz CT molecular complexity index is 620. The predicted molar refractivity (Wildman–Crippen MR) is 75.2 cm³/mol. The highest BCUT2D eigenvalue weighted by Crippen LogP contribution is 2.21. The molecule has 102 valence electrons. The fourth-order valence-corrected chi connectivity index (χ4v) is 3.58. The third-order valence-corrected chi connectivity index (χ3v) is 5.44. The van der Waals surface area contributed by atoms with Gasteiger partial charge in [-0.05, 0) is 24.1 Å². The molecule has 0 aliphatic rings. The Morgan fingerprint density at radius 1 is 1.16 bits per heavy atom. The van der Waals surface area contributed by atoms with Crippen LogP contribution in [0.4, 0.5) is 0 Å². The Kier molecular flexibility index (Phi) is 4.71. The van der Waals surface area contributed by atoms with Gasteiger partial charge in [-0.25, -0.2) is 8.42 Å². The van der Waals surface area contributed by atoms with Gasteiger partial charge in [-0.3, -0.25) is 4.84 Å². The highest BCUT2D eigenvalue weighted by Gasteiger charge is 2.16. The Labute approximate surface area is 117 Å². The van der Waals surface area contributed by atoms with Crippen molar-refractivity contribution >= 4 is 21.4 Å². The molecule has 0 amide bonds. The molecule has 0 atom stereocenters. The second-order valence-corrected chi connectivity index (χ2v) is 6.98. The number of aryl methyl sites for hydroxylation is 1. The minimum Gasteiger partial charge on any atom is -0.282 e. The Morgan fingerprint density at radius 2 is 1.89 bits per heavy atom. The molecule has 2 aromatic rings. The third kappa shape index (κ3) is 3.87. The largest absolute Gasteiger partial charge is 0.282 e. The van der Waals surface area contributed by atoms with Crippen LogP contribution in [0.2, 0.25) is 0 Å². The van der Waals surface area contributed by atoms with Crippen LogP contribution in [0.3, 0.4) is 0 Å². The molecule has 1 heterocycles. The van der Waals surface area contributed by atoms with Crippen molar-refractivity contribution in [3.63, 3.8) is 0 Å². The van der Waals surface area contributed by atoms with Crippen molar-refractivity contribution in [3.8, 4) is 0 Å². The first kappa shape index (κ1) is 14.2. The molecule has 0 aliphatic carbocycles. The summed E-state index contributed by atoms with van der Waals surface area (Å²) < 4.78 is 24.1. The second-order valence-electron chi connectivity index (χ2n) is 3.94. The van der Waals surface area contributed by atoms with E-state index in [0.29, 0.717) is 0 Å². The topological polar surface area (TPSA) is 55.4 Å². The van der Waals surface area contributed by atoms with Crippen LogP contribution < -0.4 is 4.89 Å². The monoisotopic (exact) mass is 297 g/mol. The molecule has 1 aromatic carbocycles. The molecular weight excluding hydrogens is 282 g/mol. The molecule has 19 heavy (non-hydrogen) atoms. The van der Waals surface area contributed by atoms with Crippen molar-refractivity contribution < 1.29 is 13.3 Å². The number of sulfonamides is 1. The van der Waals surface area contributed by atoms with Crippen LogP contribution >= 0.6 is 11.3 Å². The lowest BCUT2D eigenvalue weighted by molar-refractivity contribution is 0.0797. The van der Waals surface area contributed by atoms with Gasteiger partial charge < -0.3 is 0 Å². The van der Waals surface area contributed by atoms with Crippen LogP contribution in [0.15, 0.2) is 46.7 Å². The van der Waals surface area contributed by atoms with E-state index in [1.807, 2.05) is 43.3 Å². The van der Waals surface area contributed by atoms with Gasteiger partial charge in [0.05, 0.1) is 6.61 Å². The maximum atomic E-state index is 11.9. The zero-order chi connectivity index (χ0) is 13.7. The predicted octanol–water partition coefficient (Wildman–Crippen LogP) is 2.72. The SMILES string of the molecule is CCc1ccc(S(=O)(=O)NOCc2ccccc2)s1. The van der Waals surface area contributed by atoms with Gasteiger partial charge in [-0.1, -0.05) is 42.1 Å². The zero-order valence-electron chi connectivity index (χ0n) is 10.5. The smallest absolute Gasteiger partial charge is 0.271 e. The average molecular weight is 297 g/mol. The molecule has 1 N–H and O–H groups in total. The number of hydrogen-bond donors (Lipinski definition) is 1. The lowest BCUT2D eigenvalue weighted by Gasteiger charge is -2.05. The first-order valence-electron chi connectivity index (χ1n) is 5.88. The van der Waals surface area contributed by atoms with Crippen molar-refractivity contribution in [2.24, 2.45) is 0 Å². The number of rotatable bonds is 6. The van der Waals surface area contributed by atoms with E-state index in [2.05, 4.69) is 4.89 Å². The van der Waals surface area contributed by atoms with Crippen molar-refractivity contribution in [3.05, 3.63) is 52.9 Å². The van der Waals surface area contributed by atoms with Gasteiger partial charge >= 0.3 is 0 Å². The molecule has 0 saturated carbocycles. The van der Waals surface area contributed by atoms with Crippen LogP contribution in [-0.2, 0) is 27.9 Å². The standard InChI is InChI=1S/C13H15NO3S2/c1-2-12-8-9-13(18-12)19(15,16)14-17-10-11-6-4-3-5-7-11/h3-9,14H,2,10H2,1H3. The van der Waals surface area contributed by atoms with Gasteiger partial charge in [0.2, 0.25) is 0 Å². The maximum Gasteiger partial charge on any atom is 0.271 e. The van der Waals surface area contributed by atoms with Gasteiger partial charge in [0.25, 0.3) is 10.0 Å². The summed E-state index contributed by atoms with van der Waals surface area (Å²) in [6.07, 6.45) is 0.824. The summed E-state index contributed by atoms with van der Waals surface area (Å²) in [6.45, 7) is 2.19. The summed E-state index contributed by atoms with van der Waals surface area (Å²) in [5, 5.41) is 0. The molecule has 0 aliphatic heterocycles. The Morgan fingerprint density at radius 3 is 2.53 bits per heavy atom. The fourth-order valence-electron chi connectivity index (χ4n) is 1.50. The molecule has 0 radical (unpaired) electrons. The van der Waals surface area contributed by atoms with E-state index in [-0.39, 0.29) is 10.8 Å². The summed E-state index contributed by atoms with van der Waals surface area (Å²) in [7, 11) is -3.57. The molecule has 0 saturated heterocycles. The van der Waals surface area contributed by atoms with Crippen LogP contribution in [-0.4, -0.2) is 8.42 Å². The summed E-state index contributed by atoms with van der Waals surface area (Å²) in [5.74, 6) is 0. The molecule has 0 spiro atoms. The summed E-state index contributed by atoms with van der Waals surface area (Å²) in [4.78, 5) is 8.23. The van der Waals surface area contributed by atoms with Crippen molar-refractivity contribution in [2.75, 3.05) is 0 Å². The van der Waals surface area contributed by atoms with Gasteiger partial charge in [-0.15, -0.1) is 11.3 Å². The normalized spacial score (nSPS) is 11.6. The highest BCUT2D eigenvalue weighted by atomic mass is 32.2. The molecule has 0 fully saturated rings.